The number of amides is 2. The molecule has 1 saturated carbocycles. The molecule has 50 heavy (non-hydrogen) atoms. The summed E-state index contributed by atoms with van der Waals surface area (Å²) < 4.78 is 0. The van der Waals surface area contributed by atoms with Crippen LogP contribution >= 0.6 is 0 Å². The van der Waals surface area contributed by atoms with Crippen LogP contribution < -0.4 is 5.73 Å². The number of nitrogens with zero attached hydrogens (tertiary/aromatic N) is 1. The molecular formula is C44H54N2O4. The van der Waals surface area contributed by atoms with Crippen LogP contribution in [-0.4, -0.2) is 39.0 Å². The standard InChI is InChI=1S/C44H54N2O4/c1-32(2)30-38(43(49,34-20-10-5-11-21-34)35-22-12-6-13-23-35)46(41(48)42(40(45)47)28-18-9-19-29-42)39(31-33(3)4)44(50,36-24-14-7-15-25-36)37-26-16-8-17-27-37/h5-8,10-17,20-27,32-33,38-39,49-50H,9,18-19,28-31H2,1-4H3,(H2,45,47). The van der Waals surface area contributed by atoms with Crippen molar-refractivity contribution in [2.75, 3.05) is 0 Å². The average molecular weight is 675 g/mol. The Labute approximate surface area is 298 Å². The summed E-state index contributed by atoms with van der Waals surface area (Å²) in [6.45, 7) is 8.31. The molecule has 1 aliphatic rings. The van der Waals surface area contributed by atoms with Gasteiger partial charge in [-0.15, -0.1) is 0 Å². The topological polar surface area (TPSA) is 104 Å². The molecule has 1 aliphatic carbocycles. The molecule has 0 spiro atoms. The third kappa shape index (κ3) is 7.15. The summed E-state index contributed by atoms with van der Waals surface area (Å²) in [5.74, 6) is -1.03. The van der Waals surface area contributed by atoms with E-state index in [4.69, 9.17) is 5.73 Å². The van der Waals surface area contributed by atoms with E-state index in [2.05, 4.69) is 27.7 Å². The lowest BCUT2D eigenvalue weighted by Gasteiger charge is -2.54. The van der Waals surface area contributed by atoms with E-state index in [-0.39, 0.29) is 11.8 Å². The van der Waals surface area contributed by atoms with Crippen LogP contribution in [0, 0.1) is 17.3 Å². The normalized spacial score (nSPS) is 16.2. The second kappa shape index (κ2) is 15.7. The number of rotatable bonds is 14. The van der Waals surface area contributed by atoms with Crippen molar-refractivity contribution < 1.29 is 19.8 Å². The van der Waals surface area contributed by atoms with Gasteiger partial charge in [-0.1, -0.05) is 168 Å². The molecule has 4 aromatic rings. The lowest BCUT2D eigenvalue weighted by Crippen LogP contribution is -2.67. The summed E-state index contributed by atoms with van der Waals surface area (Å²) in [6, 6.07) is 36.1. The second-order valence-corrected chi connectivity index (χ2v) is 15.0. The zero-order valence-electron chi connectivity index (χ0n) is 30.0. The third-order valence-electron chi connectivity index (χ3n) is 10.7. The first kappa shape index (κ1) is 37.0. The summed E-state index contributed by atoms with van der Waals surface area (Å²) in [4.78, 5) is 31.4. The summed E-state index contributed by atoms with van der Waals surface area (Å²) in [5, 5.41) is 27.2. The lowest BCUT2D eigenvalue weighted by atomic mass is 9.68. The van der Waals surface area contributed by atoms with Gasteiger partial charge in [-0.05, 0) is 59.8 Å². The highest BCUT2D eigenvalue weighted by Gasteiger charge is 2.58. The predicted octanol–water partition coefficient (Wildman–Crippen LogP) is 7.95. The minimum atomic E-state index is -1.72. The number of hydrogen-bond acceptors (Lipinski definition) is 4. The van der Waals surface area contributed by atoms with Gasteiger partial charge in [-0.2, -0.15) is 0 Å². The number of aliphatic hydroxyl groups is 2. The number of carbonyl (C=O) groups excluding carboxylic acids is 2. The summed E-state index contributed by atoms with van der Waals surface area (Å²) in [5.41, 5.74) is 3.86. The maximum atomic E-state index is 15.9. The van der Waals surface area contributed by atoms with E-state index in [0.29, 0.717) is 60.8 Å². The molecule has 264 valence electrons. The Morgan fingerprint density at radius 3 is 1.16 bits per heavy atom. The molecule has 6 heteroatoms. The Hall–Kier alpha value is -4.26. The molecule has 0 saturated heterocycles. The summed E-state index contributed by atoms with van der Waals surface area (Å²) in [6.07, 6.45) is 3.70. The number of nitrogens with two attached hydrogens (primary N) is 1. The SMILES string of the molecule is CC(C)CC(N(C(=O)C1(C(N)=O)CCCCC1)C(CC(C)C)C(O)(c1ccccc1)c1ccccc1)C(O)(c1ccccc1)c1ccccc1. The van der Waals surface area contributed by atoms with E-state index in [1.54, 1.807) is 4.90 Å². The van der Waals surface area contributed by atoms with Crippen molar-refractivity contribution in [2.45, 2.75) is 95.9 Å². The Balaban J connectivity index is 1.92. The van der Waals surface area contributed by atoms with E-state index in [9.17, 15) is 15.0 Å². The van der Waals surface area contributed by atoms with Gasteiger partial charge >= 0.3 is 0 Å². The predicted molar refractivity (Wildman–Crippen MR) is 200 cm³/mol. The minimum absolute atomic E-state index is 0.0198. The van der Waals surface area contributed by atoms with Gasteiger partial charge in [0.1, 0.15) is 16.6 Å². The van der Waals surface area contributed by atoms with Crippen molar-refractivity contribution in [3.63, 3.8) is 0 Å². The Morgan fingerprint density at radius 2 is 0.900 bits per heavy atom. The van der Waals surface area contributed by atoms with E-state index in [0.717, 1.165) is 6.42 Å². The number of primary amides is 1. The van der Waals surface area contributed by atoms with Crippen LogP contribution in [-0.2, 0) is 20.8 Å². The van der Waals surface area contributed by atoms with Crippen LogP contribution in [0.3, 0.4) is 0 Å². The maximum Gasteiger partial charge on any atom is 0.239 e. The highest BCUT2D eigenvalue weighted by atomic mass is 16.3. The molecule has 4 aromatic carbocycles. The molecule has 5 rings (SSSR count). The van der Waals surface area contributed by atoms with Gasteiger partial charge < -0.3 is 20.8 Å². The highest BCUT2D eigenvalue weighted by molar-refractivity contribution is 6.05. The summed E-state index contributed by atoms with van der Waals surface area (Å²) in [7, 11) is 0. The van der Waals surface area contributed by atoms with Gasteiger partial charge in [0.05, 0.1) is 12.1 Å². The van der Waals surface area contributed by atoms with Gasteiger partial charge in [0, 0.05) is 0 Å². The molecule has 1 fully saturated rings. The van der Waals surface area contributed by atoms with Crippen molar-refractivity contribution in [3.05, 3.63) is 144 Å². The molecule has 6 nitrogen and oxygen atoms in total. The van der Waals surface area contributed by atoms with Crippen LogP contribution in [0.2, 0.25) is 0 Å². The first-order valence-corrected chi connectivity index (χ1v) is 18.3. The van der Waals surface area contributed by atoms with Crippen molar-refractivity contribution in [1.29, 1.82) is 0 Å². The molecule has 0 heterocycles. The Morgan fingerprint density at radius 1 is 0.600 bits per heavy atom. The van der Waals surface area contributed by atoms with Crippen LogP contribution in [0.25, 0.3) is 0 Å². The fourth-order valence-electron chi connectivity index (χ4n) is 8.20. The molecule has 4 N–H and O–H groups in total. The quantitative estimate of drug-likeness (QED) is 0.118. The zero-order chi connectivity index (χ0) is 35.9. The van der Waals surface area contributed by atoms with Crippen molar-refractivity contribution in [2.24, 2.45) is 23.0 Å². The molecule has 0 bridgehead atoms. The van der Waals surface area contributed by atoms with Gasteiger partial charge in [0.2, 0.25) is 11.8 Å². The third-order valence-corrected chi connectivity index (χ3v) is 10.7. The maximum absolute atomic E-state index is 15.9. The van der Waals surface area contributed by atoms with Gasteiger partial charge in [0.25, 0.3) is 0 Å². The molecule has 0 aromatic heterocycles. The largest absolute Gasteiger partial charge is 0.378 e. The number of hydrogen-bond donors (Lipinski definition) is 3. The smallest absolute Gasteiger partial charge is 0.239 e. The minimum Gasteiger partial charge on any atom is -0.378 e. The van der Waals surface area contributed by atoms with Gasteiger partial charge in [-0.3, -0.25) is 9.59 Å². The Kier molecular flexibility index (Phi) is 11.7. The van der Waals surface area contributed by atoms with Crippen LogP contribution in [0.5, 0.6) is 0 Å². The van der Waals surface area contributed by atoms with Crippen molar-refractivity contribution in [1.82, 2.24) is 4.90 Å². The van der Waals surface area contributed by atoms with Crippen LogP contribution in [0.15, 0.2) is 121 Å². The van der Waals surface area contributed by atoms with Crippen molar-refractivity contribution >= 4 is 11.8 Å². The van der Waals surface area contributed by atoms with E-state index >= 15 is 4.79 Å². The fourth-order valence-corrected chi connectivity index (χ4v) is 8.20. The fraction of sp³-hybridized carbons (Fsp3) is 0.409. The average Bonchev–Trinajstić information content (AvgIpc) is 3.14. The van der Waals surface area contributed by atoms with E-state index in [1.165, 1.54) is 0 Å². The van der Waals surface area contributed by atoms with E-state index in [1.807, 2.05) is 121 Å². The highest BCUT2D eigenvalue weighted by Crippen LogP contribution is 2.48. The van der Waals surface area contributed by atoms with Crippen molar-refractivity contribution in [3.8, 4) is 0 Å². The molecule has 2 atom stereocenters. The Bertz CT molecular complexity index is 1490. The van der Waals surface area contributed by atoms with E-state index < -0.39 is 40.5 Å². The molecule has 2 amide bonds. The zero-order valence-corrected chi connectivity index (χ0v) is 30.0. The summed E-state index contributed by atoms with van der Waals surface area (Å²) >= 11 is 0. The van der Waals surface area contributed by atoms with Crippen LogP contribution in [0.4, 0.5) is 0 Å². The number of carbonyl (C=O) groups is 2. The monoisotopic (exact) mass is 674 g/mol. The molecule has 2 unspecified atom stereocenters. The molecular weight excluding hydrogens is 620 g/mol. The van der Waals surface area contributed by atoms with Gasteiger partial charge in [-0.25, -0.2) is 0 Å². The molecule has 0 radical (unpaired) electrons. The van der Waals surface area contributed by atoms with Gasteiger partial charge in [0.15, 0.2) is 0 Å². The second-order valence-electron chi connectivity index (χ2n) is 15.0. The van der Waals surface area contributed by atoms with Crippen LogP contribution in [0.1, 0.15) is 94.9 Å². The molecule has 0 aliphatic heterocycles. The lowest BCUT2D eigenvalue weighted by molar-refractivity contribution is -0.171. The first-order chi connectivity index (χ1) is 24.0. The first-order valence-electron chi connectivity index (χ1n) is 18.3. The number of benzene rings is 4.